The molecule has 0 saturated heterocycles. The number of carboxylic acid groups (broad SMARTS) is 1. The summed E-state index contributed by atoms with van der Waals surface area (Å²) in [6, 6.07) is 0. The maximum Gasteiger partial charge on any atom is 0.450 e. The van der Waals surface area contributed by atoms with Crippen LogP contribution in [-0.4, -0.2) is 23.0 Å². The highest BCUT2D eigenvalue weighted by Gasteiger charge is 2.44. The molecule has 3 nitrogen and oxygen atoms in total. The molecule has 1 aliphatic carbocycles. The summed E-state index contributed by atoms with van der Waals surface area (Å²) in [5.74, 6) is -4.35. The number of alkyl halides is 3. The van der Waals surface area contributed by atoms with Crippen LogP contribution in [0.4, 0.5) is 13.2 Å². The molecule has 0 amide bonds. The van der Waals surface area contributed by atoms with Crippen LogP contribution < -0.4 is 0 Å². The van der Waals surface area contributed by atoms with Crippen molar-refractivity contribution in [2.24, 2.45) is 11.8 Å². The number of rotatable bonds is 2. The van der Waals surface area contributed by atoms with Crippen molar-refractivity contribution < 1.29 is 27.9 Å². The molecule has 15 heavy (non-hydrogen) atoms. The molecular formula is C9H11F3O3. The van der Waals surface area contributed by atoms with E-state index >= 15 is 0 Å². The van der Waals surface area contributed by atoms with E-state index in [1.165, 1.54) is 0 Å². The van der Waals surface area contributed by atoms with Crippen LogP contribution in [0.15, 0.2) is 0 Å². The van der Waals surface area contributed by atoms with Crippen molar-refractivity contribution >= 4 is 11.8 Å². The Labute approximate surface area is 84.3 Å². The van der Waals surface area contributed by atoms with Crippen molar-refractivity contribution in [1.82, 2.24) is 0 Å². The second-order valence-corrected chi connectivity index (χ2v) is 3.75. The molecule has 1 saturated carbocycles. The summed E-state index contributed by atoms with van der Waals surface area (Å²) < 4.78 is 36.1. The number of carbonyl (C=O) groups is 2. The van der Waals surface area contributed by atoms with Crippen LogP contribution >= 0.6 is 0 Å². The lowest BCUT2D eigenvalue weighted by Crippen LogP contribution is -2.34. The Balaban J connectivity index is 2.51. The van der Waals surface area contributed by atoms with Crippen LogP contribution in [0.2, 0.25) is 0 Å². The van der Waals surface area contributed by atoms with Gasteiger partial charge in [-0.2, -0.15) is 13.2 Å². The Morgan fingerprint density at radius 3 is 1.73 bits per heavy atom. The lowest BCUT2D eigenvalue weighted by atomic mass is 9.80. The minimum atomic E-state index is -4.79. The van der Waals surface area contributed by atoms with E-state index in [4.69, 9.17) is 5.11 Å². The molecule has 0 spiro atoms. The normalized spacial score (nSPS) is 27.4. The number of ketones is 1. The predicted octanol–water partition coefficient (Wildman–Crippen LogP) is 2.01. The molecule has 0 radical (unpaired) electrons. The highest BCUT2D eigenvalue weighted by molar-refractivity contribution is 5.86. The van der Waals surface area contributed by atoms with E-state index in [2.05, 4.69) is 0 Å². The van der Waals surface area contributed by atoms with Crippen molar-refractivity contribution in [2.45, 2.75) is 31.9 Å². The van der Waals surface area contributed by atoms with E-state index in [1.807, 2.05) is 0 Å². The molecular weight excluding hydrogens is 213 g/mol. The van der Waals surface area contributed by atoms with Crippen LogP contribution in [0.1, 0.15) is 25.7 Å². The van der Waals surface area contributed by atoms with Crippen LogP contribution in [-0.2, 0) is 9.59 Å². The summed E-state index contributed by atoms with van der Waals surface area (Å²) >= 11 is 0. The van der Waals surface area contributed by atoms with Gasteiger partial charge in [-0.1, -0.05) is 0 Å². The van der Waals surface area contributed by atoms with Crippen LogP contribution in [0.25, 0.3) is 0 Å². The first-order valence-electron chi connectivity index (χ1n) is 4.66. The SMILES string of the molecule is O=C(O)[C@H]1CC[C@H](C(=O)C(F)(F)F)CC1. The summed E-state index contributed by atoms with van der Waals surface area (Å²) in [6.07, 6.45) is -4.44. The topological polar surface area (TPSA) is 54.4 Å². The molecule has 1 fully saturated rings. The largest absolute Gasteiger partial charge is 0.481 e. The van der Waals surface area contributed by atoms with Gasteiger partial charge in [-0.25, -0.2) is 0 Å². The van der Waals surface area contributed by atoms with Gasteiger partial charge in [-0.05, 0) is 25.7 Å². The van der Waals surface area contributed by atoms with Crippen LogP contribution in [0.3, 0.4) is 0 Å². The first kappa shape index (κ1) is 12.0. The van der Waals surface area contributed by atoms with Crippen molar-refractivity contribution in [1.29, 1.82) is 0 Å². The Morgan fingerprint density at radius 1 is 1.00 bits per heavy atom. The van der Waals surface area contributed by atoms with E-state index in [9.17, 15) is 22.8 Å². The first-order chi connectivity index (χ1) is 6.82. The molecule has 6 heteroatoms. The molecule has 0 heterocycles. The molecule has 1 rings (SSSR count). The molecule has 0 atom stereocenters. The van der Waals surface area contributed by atoms with E-state index < -0.39 is 29.8 Å². The third kappa shape index (κ3) is 2.94. The number of halogens is 3. The van der Waals surface area contributed by atoms with Gasteiger partial charge < -0.3 is 5.11 Å². The fourth-order valence-electron chi connectivity index (χ4n) is 1.83. The van der Waals surface area contributed by atoms with E-state index in [0.717, 1.165) is 0 Å². The summed E-state index contributed by atoms with van der Waals surface area (Å²) in [7, 11) is 0. The third-order valence-electron chi connectivity index (χ3n) is 2.73. The summed E-state index contributed by atoms with van der Waals surface area (Å²) in [6.45, 7) is 0. The number of hydrogen-bond acceptors (Lipinski definition) is 2. The molecule has 1 N–H and O–H groups in total. The van der Waals surface area contributed by atoms with Crippen LogP contribution in [0, 0.1) is 11.8 Å². The zero-order valence-electron chi connectivity index (χ0n) is 7.88. The fourth-order valence-corrected chi connectivity index (χ4v) is 1.83. The monoisotopic (exact) mass is 224 g/mol. The molecule has 0 aromatic rings. The molecule has 0 bridgehead atoms. The summed E-state index contributed by atoms with van der Waals surface area (Å²) in [5, 5.41) is 8.62. The number of hydrogen-bond donors (Lipinski definition) is 1. The maximum absolute atomic E-state index is 12.0. The minimum Gasteiger partial charge on any atom is -0.481 e. The standard InChI is InChI=1S/C9H11F3O3/c10-9(11,12)7(13)5-1-3-6(4-2-5)8(14)15/h5-6H,1-4H2,(H,14,15)/t5-,6-. The minimum absolute atomic E-state index is 0.0231. The maximum atomic E-state index is 12.0. The van der Waals surface area contributed by atoms with Crippen LogP contribution in [0.5, 0.6) is 0 Å². The molecule has 1 aliphatic rings. The summed E-state index contributed by atoms with van der Waals surface area (Å²) in [4.78, 5) is 21.3. The van der Waals surface area contributed by atoms with Gasteiger partial charge in [0.1, 0.15) is 0 Å². The number of Topliss-reactive ketones (excluding diaryl/α,β-unsaturated/α-hetero) is 1. The van der Waals surface area contributed by atoms with Crippen molar-refractivity contribution in [3.8, 4) is 0 Å². The van der Waals surface area contributed by atoms with Crippen molar-refractivity contribution in [2.75, 3.05) is 0 Å². The second-order valence-electron chi connectivity index (χ2n) is 3.75. The third-order valence-corrected chi connectivity index (χ3v) is 2.73. The van der Waals surface area contributed by atoms with Gasteiger partial charge in [0, 0.05) is 5.92 Å². The van der Waals surface area contributed by atoms with Gasteiger partial charge in [-0.15, -0.1) is 0 Å². The average Bonchev–Trinajstić information content (AvgIpc) is 2.15. The van der Waals surface area contributed by atoms with Crippen molar-refractivity contribution in [3.63, 3.8) is 0 Å². The number of carboxylic acids is 1. The van der Waals surface area contributed by atoms with E-state index in [1.54, 1.807) is 0 Å². The Morgan fingerprint density at radius 2 is 1.40 bits per heavy atom. The smallest absolute Gasteiger partial charge is 0.450 e. The van der Waals surface area contributed by atoms with Gasteiger partial charge >= 0.3 is 12.1 Å². The Kier molecular flexibility index (Phi) is 3.36. The molecule has 0 aromatic carbocycles. The zero-order chi connectivity index (χ0) is 11.6. The number of carbonyl (C=O) groups excluding carboxylic acids is 1. The number of aliphatic carboxylic acids is 1. The highest BCUT2D eigenvalue weighted by Crippen LogP contribution is 2.33. The predicted molar refractivity (Wildman–Crippen MR) is 44.1 cm³/mol. The molecule has 86 valence electrons. The zero-order valence-corrected chi connectivity index (χ0v) is 7.88. The quantitative estimate of drug-likeness (QED) is 0.780. The Hall–Kier alpha value is -1.07. The Bertz CT molecular complexity index is 264. The molecule has 0 aliphatic heterocycles. The van der Waals surface area contributed by atoms with Crippen molar-refractivity contribution in [3.05, 3.63) is 0 Å². The van der Waals surface area contributed by atoms with Gasteiger partial charge in [0.25, 0.3) is 0 Å². The van der Waals surface area contributed by atoms with Gasteiger partial charge in [-0.3, -0.25) is 9.59 Å². The molecule has 0 unspecified atom stereocenters. The summed E-state index contributed by atoms with van der Waals surface area (Å²) in [5.41, 5.74) is 0. The van der Waals surface area contributed by atoms with E-state index in [0.29, 0.717) is 0 Å². The van der Waals surface area contributed by atoms with Gasteiger partial charge in [0.15, 0.2) is 0 Å². The van der Waals surface area contributed by atoms with Gasteiger partial charge in [0.05, 0.1) is 5.92 Å². The first-order valence-corrected chi connectivity index (χ1v) is 4.66. The second kappa shape index (κ2) is 4.20. The molecule has 0 aromatic heterocycles. The lowest BCUT2D eigenvalue weighted by Gasteiger charge is -2.25. The average molecular weight is 224 g/mol. The van der Waals surface area contributed by atoms with Gasteiger partial charge in [0.2, 0.25) is 5.78 Å². The van der Waals surface area contributed by atoms with E-state index in [-0.39, 0.29) is 25.7 Å². The highest BCUT2D eigenvalue weighted by atomic mass is 19.4. The lowest BCUT2D eigenvalue weighted by molar-refractivity contribution is -0.177. The fraction of sp³-hybridized carbons (Fsp3) is 0.778.